The highest BCUT2D eigenvalue weighted by Crippen LogP contribution is 2.49. The Kier molecular flexibility index (Phi) is 4.43. The van der Waals surface area contributed by atoms with Crippen molar-refractivity contribution >= 4 is 5.69 Å². The number of nitrogens with zero attached hydrogens (tertiary/aromatic N) is 2. The Hall–Kier alpha value is -1.87. The molecule has 3 aliphatic rings. The number of halogens is 1. The zero-order valence-electron chi connectivity index (χ0n) is 16.0. The first-order valence-corrected chi connectivity index (χ1v) is 10.6. The van der Waals surface area contributed by atoms with Crippen molar-refractivity contribution in [3.05, 3.63) is 65.5 Å². The fraction of sp³-hybridized carbons (Fsp3) is 0.500. The van der Waals surface area contributed by atoms with Crippen molar-refractivity contribution in [3.8, 4) is 0 Å². The van der Waals surface area contributed by atoms with E-state index in [0.29, 0.717) is 5.41 Å². The van der Waals surface area contributed by atoms with Crippen LogP contribution < -0.4 is 4.90 Å². The third-order valence-electron chi connectivity index (χ3n) is 7.40. The van der Waals surface area contributed by atoms with Crippen LogP contribution in [0.5, 0.6) is 0 Å². The molecule has 1 aliphatic heterocycles. The number of hydrogen-bond donors (Lipinski definition) is 0. The van der Waals surface area contributed by atoms with Gasteiger partial charge in [-0.1, -0.05) is 24.3 Å². The van der Waals surface area contributed by atoms with Gasteiger partial charge < -0.3 is 4.90 Å². The van der Waals surface area contributed by atoms with Gasteiger partial charge in [0.2, 0.25) is 0 Å². The smallest absolute Gasteiger partial charge is 0.123 e. The minimum Gasteiger partial charge on any atom is -0.369 e. The first kappa shape index (κ1) is 17.2. The van der Waals surface area contributed by atoms with Crippen molar-refractivity contribution in [1.82, 2.24) is 4.90 Å². The van der Waals surface area contributed by atoms with Crippen molar-refractivity contribution in [2.24, 2.45) is 0 Å². The maximum atomic E-state index is 13.2. The van der Waals surface area contributed by atoms with Crippen LogP contribution in [0.4, 0.5) is 10.1 Å². The molecule has 2 aromatic carbocycles. The topological polar surface area (TPSA) is 6.48 Å². The summed E-state index contributed by atoms with van der Waals surface area (Å²) in [7, 11) is 0. The molecule has 142 valence electrons. The number of aryl methyl sites for hydroxylation is 1. The molecule has 0 aromatic heterocycles. The van der Waals surface area contributed by atoms with Gasteiger partial charge >= 0.3 is 0 Å². The number of anilines is 1. The van der Waals surface area contributed by atoms with Crippen LogP contribution in [0.3, 0.4) is 0 Å². The molecule has 0 radical (unpaired) electrons. The number of fused-ring (bicyclic) bond motifs is 2. The van der Waals surface area contributed by atoms with E-state index in [1.165, 1.54) is 38.5 Å². The standard InChI is InChI=1S/C24H29FN2/c25-20-5-7-21(8-6-20)26-15-17-27(18-16-26)22-10-13-24(14-11-22)12-9-19-3-1-2-4-23(19)24/h1-8,22H,9-18H2. The van der Waals surface area contributed by atoms with Crippen LogP contribution in [0.2, 0.25) is 0 Å². The van der Waals surface area contributed by atoms with E-state index < -0.39 is 0 Å². The van der Waals surface area contributed by atoms with E-state index in [1.54, 1.807) is 23.3 Å². The summed E-state index contributed by atoms with van der Waals surface area (Å²) in [6.07, 6.45) is 8.02. The van der Waals surface area contributed by atoms with Gasteiger partial charge in [-0.15, -0.1) is 0 Å². The fourth-order valence-corrected chi connectivity index (χ4v) is 5.80. The summed E-state index contributed by atoms with van der Waals surface area (Å²) in [4.78, 5) is 5.11. The molecule has 2 aromatic rings. The van der Waals surface area contributed by atoms with Crippen LogP contribution in [0, 0.1) is 5.82 Å². The molecular weight excluding hydrogens is 335 g/mol. The van der Waals surface area contributed by atoms with Gasteiger partial charge in [0.15, 0.2) is 0 Å². The molecule has 0 bridgehead atoms. The van der Waals surface area contributed by atoms with Crippen LogP contribution in [-0.2, 0) is 11.8 Å². The second kappa shape index (κ2) is 6.94. The first-order valence-electron chi connectivity index (χ1n) is 10.6. The van der Waals surface area contributed by atoms with E-state index in [1.807, 2.05) is 12.1 Å². The van der Waals surface area contributed by atoms with Crippen molar-refractivity contribution in [3.63, 3.8) is 0 Å². The lowest BCUT2D eigenvalue weighted by atomic mass is 9.68. The minimum atomic E-state index is -0.151. The monoisotopic (exact) mass is 364 g/mol. The molecule has 1 saturated carbocycles. The summed E-state index contributed by atoms with van der Waals surface area (Å²) in [6.45, 7) is 4.36. The highest BCUT2D eigenvalue weighted by atomic mass is 19.1. The molecule has 1 heterocycles. The molecule has 5 rings (SSSR count). The molecule has 2 aliphatic carbocycles. The van der Waals surface area contributed by atoms with Crippen LogP contribution >= 0.6 is 0 Å². The lowest BCUT2D eigenvalue weighted by Crippen LogP contribution is -2.52. The Labute approximate surface area is 162 Å². The van der Waals surface area contributed by atoms with Crippen molar-refractivity contribution < 1.29 is 4.39 Å². The van der Waals surface area contributed by atoms with Gasteiger partial charge in [0.1, 0.15) is 5.82 Å². The number of hydrogen-bond acceptors (Lipinski definition) is 2. The van der Waals surface area contributed by atoms with Crippen LogP contribution in [0.15, 0.2) is 48.5 Å². The molecule has 0 unspecified atom stereocenters. The molecular formula is C24H29FN2. The second-order valence-electron chi connectivity index (χ2n) is 8.67. The molecule has 3 heteroatoms. The Morgan fingerprint density at radius 3 is 2.26 bits per heavy atom. The highest BCUT2D eigenvalue weighted by Gasteiger charge is 2.42. The first-order chi connectivity index (χ1) is 13.2. The van der Waals surface area contributed by atoms with E-state index in [9.17, 15) is 4.39 Å². The van der Waals surface area contributed by atoms with E-state index in [0.717, 1.165) is 37.9 Å². The number of rotatable bonds is 2. The lowest BCUT2D eigenvalue weighted by molar-refractivity contribution is 0.117. The van der Waals surface area contributed by atoms with Crippen LogP contribution in [0.25, 0.3) is 0 Å². The SMILES string of the molecule is Fc1ccc(N2CCN(C3CCC4(CCc5ccccc54)CC3)CC2)cc1. The highest BCUT2D eigenvalue weighted by molar-refractivity contribution is 5.46. The van der Waals surface area contributed by atoms with Gasteiger partial charge in [-0.05, 0) is 79.3 Å². The third kappa shape index (κ3) is 3.16. The minimum absolute atomic E-state index is 0.151. The normalized spacial score (nSPS) is 28.5. The summed E-state index contributed by atoms with van der Waals surface area (Å²) >= 11 is 0. The summed E-state index contributed by atoms with van der Waals surface area (Å²) < 4.78 is 13.2. The van der Waals surface area contributed by atoms with Gasteiger partial charge in [0.05, 0.1) is 0 Å². The average Bonchev–Trinajstić information content (AvgIpc) is 3.08. The third-order valence-corrected chi connectivity index (χ3v) is 7.40. The molecule has 1 saturated heterocycles. The van der Waals surface area contributed by atoms with Gasteiger partial charge in [0.25, 0.3) is 0 Å². The fourth-order valence-electron chi connectivity index (χ4n) is 5.80. The predicted molar refractivity (Wildman–Crippen MR) is 109 cm³/mol. The molecule has 0 atom stereocenters. The Morgan fingerprint density at radius 2 is 1.52 bits per heavy atom. The Balaban J connectivity index is 1.19. The summed E-state index contributed by atoms with van der Waals surface area (Å²) in [5, 5.41) is 0. The Bertz CT molecular complexity index is 784. The van der Waals surface area contributed by atoms with Crippen LogP contribution in [-0.4, -0.2) is 37.1 Å². The maximum Gasteiger partial charge on any atom is 0.123 e. The molecule has 0 N–H and O–H groups in total. The molecule has 0 amide bonds. The van der Waals surface area contributed by atoms with Gasteiger partial charge in [-0.3, -0.25) is 4.90 Å². The van der Waals surface area contributed by atoms with Crippen molar-refractivity contribution in [2.45, 2.75) is 50.0 Å². The lowest BCUT2D eigenvalue weighted by Gasteiger charge is -2.45. The molecule has 27 heavy (non-hydrogen) atoms. The van der Waals surface area contributed by atoms with E-state index in [2.05, 4.69) is 34.1 Å². The molecule has 2 nitrogen and oxygen atoms in total. The van der Waals surface area contributed by atoms with Crippen LogP contribution in [0.1, 0.15) is 43.2 Å². The summed E-state index contributed by atoms with van der Waals surface area (Å²) in [5.41, 5.74) is 4.89. The maximum absolute atomic E-state index is 13.2. The largest absolute Gasteiger partial charge is 0.369 e. The number of piperazine rings is 1. The van der Waals surface area contributed by atoms with E-state index in [4.69, 9.17) is 0 Å². The Morgan fingerprint density at radius 1 is 0.815 bits per heavy atom. The molecule has 2 fully saturated rings. The zero-order chi connectivity index (χ0) is 18.3. The van der Waals surface area contributed by atoms with Crippen molar-refractivity contribution in [2.75, 3.05) is 31.1 Å². The van der Waals surface area contributed by atoms with Gasteiger partial charge in [-0.25, -0.2) is 4.39 Å². The van der Waals surface area contributed by atoms with E-state index in [-0.39, 0.29) is 5.82 Å². The van der Waals surface area contributed by atoms with E-state index >= 15 is 0 Å². The second-order valence-corrected chi connectivity index (χ2v) is 8.67. The van der Waals surface area contributed by atoms with Gasteiger partial charge in [-0.2, -0.15) is 0 Å². The average molecular weight is 365 g/mol. The zero-order valence-corrected chi connectivity index (χ0v) is 16.0. The van der Waals surface area contributed by atoms with Crippen molar-refractivity contribution in [1.29, 1.82) is 0 Å². The number of benzene rings is 2. The quantitative estimate of drug-likeness (QED) is 0.757. The van der Waals surface area contributed by atoms with Gasteiger partial charge in [0, 0.05) is 37.9 Å². The summed E-state index contributed by atoms with van der Waals surface area (Å²) in [5.74, 6) is -0.151. The molecule has 1 spiro atoms. The predicted octanol–water partition coefficient (Wildman–Crippen LogP) is 4.77. The summed E-state index contributed by atoms with van der Waals surface area (Å²) in [6, 6.07) is 16.9.